The van der Waals surface area contributed by atoms with Crippen LogP contribution in [-0.4, -0.2) is 64.6 Å². The molecule has 1 aliphatic rings. The Hall–Kier alpha value is -2.03. The number of rotatable bonds is 29. The van der Waals surface area contributed by atoms with Crippen LogP contribution in [0.2, 0.25) is 0 Å². The quantitative estimate of drug-likeness (QED) is 0.0426. The van der Waals surface area contributed by atoms with Gasteiger partial charge in [-0.2, -0.15) is 0 Å². The van der Waals surface area contributed by atoms with Crippen LogP contribution in [0.1, 0.15) is 155 Å². The molecular weight excluding hydrogens is 584 g/mol. The number of aliphatic hydroxyl groups excluding tert-OH is 3. The predicted molar refractivity (Wildman–Crippen MR) is 183 cm³/mol. The van der Waals surface area contributed by atoms with E-state index in [4.69, 9.17) is 9.47 Å². The number of hydrogen-bond acceptors (Lipinski definition) is 8. The lowest BCUT2D eigenvalue weighted by molar-refractivity contribution is -0.161. The van der Waals surface area contributed by atoms with E-state index >= 15 is 0 Å². The van der Waals surface area contributed by atoms with Gasteiger partial charge in [0.1, 0.15) is 12.4 Å². The van der Waals surface area contributed by atoms with E-state index in [1.54, 1.807) is 12.2 Å². The van der Waals surface area contributed by atoms with Crippen LogP contribution in [0.25, 0.3) is 0 Å². The van der Waals surface area contributed by atoms with Crippen molar-refractivity contribution in [1.82, 2.24) is 0 Å². The van der Waals surface area contributed by atoms with Crippen molar-refractivity contribution >= 4 is 17.7 Å². The molecule has 0 heterocycles. The molecule has 1 fully saturated rings. The molecule has 0 aromatic carbocycles. The maximum absolute atomic E-state index is 12.4. The molecule has 266 valence electrons. The SMILES string of the molecule is CCCCCCCCCCCCCCC(=O)OC[C@H](CO)OC(=O)CCC/C=C\C[C@H]1C(=O)C[C@@H](O)[C@@H]1/C=C/[C@@H](O)CCCCC. The summed E-state index contributed by atoms with van der Waals surface area (Å²) in [4.78, 5) is 36.7. The van der Waals surface area contributed by atoms with E-state index < -0.39 is 30.9 Å². The molecule has 8 heteroatoms. The van der Waals surface area contributed by atoms with Crippen LogP contribution in [0.15, 0.2) is 24.3 Å². The first-order valence-electron chi connectivity index (χ1n) is 18.5. The van der Waals surface area contributed by atoms with Gasteiger partial charge in [0, 0.05) is 31.1 Å². The van der Waals surface area contributed by atoms with Crippen LogP contribution in [-0.2, 0) is 23.9 Å². The summed E-state index contributed by atoms with van der Waals surface area (Å²) < 4.78 is 10.5. The van der Waals surface area contributed by atoms with Gasteiger partial charge in [0.25, 0.3) is 0 Å². The molecule has 1 saturated carbocycles. The fourth-order valence-corrected chi connectivity index (χ4v) is 5.95. The third kappa shape index (κ3) is 21.0. The van der Waals surface area contributed by atoms with Crippen LogP contribution >= 0.6 is 0 Å². The minimum Gasteiger partial charge on any atom is -0.462 e. The van der Waals surface area contributed by atoms with Gasteiger partial charge >= 0.3 is 11.9 Å². The molecule has 5 atom stereocenters. The van der Waals surface area contributed by atoms with Gasteiger partial charge in [0.2, 0.25) is 0 Å². The largest absolute Gasteiger partial charge is 0.462 e. The molecule has 0 saturated heterocycles. The molecule has 46 heavy (non-hydrogen) atoms. The summed E-state index contributed by atoms with van der Waals surface area (Å²) in [6.07, 6.45) is 25.9. The number of hydrogen-bond donors (Lipinski definition) is 3. The molecule has 3 N–H and O–H groups in total. The Bertz CT molecular complexity index is 854. The molecule has 0 aromatic heterocycles. The number of carbonyl (C=O) groups excluding carboxylic acids is 3. The summed E-state index contributed by atoms with van der Waals surface area (Å²) in [6.45, 7) is 3.79. The Morgan fingerprint density at radius 1 is 0.826 bits per heavy atom. The maximum atomic E-state index is 12.4. The van der Waals surface area contributed by atoms with Gasteiger partial charge in [-0.25, -0.2) is 0 Å². The molecule has 1 rings (SSSR count). The zero-order valence-electron chi connectivity index (χ0n) is 29.0. The van der Waals surface area contributed by atoms with Crippen LogP contribution < -0.4 is 0 Å². The van der Waals surface area contributed by atoms with Gasteiger partial charge in [-0.1, -0.05) is 128 Å². The van der Waals surface area contributed by atoms with E-state index in [-0.39, 0.29) is 43.0 Å². The van der Waals surface area contributed by atoms with Crippen LogP contribution in [0, 0.1) is 11.8 Å². The number of carbonyl (C=O) groups is 3. The molecule has 0 bridgehead atoms. The molecule has 0 amide bonds. The van der Waals surface area contributed by atoms with E-state index in [1.807, 2.05) is 12.2 Å². The average Bonchev–Trinajstić information content (AvgIpc) is 3.31. The second-order valence-electron chi connectivity index (χ2n) is 13.1. The van der Waals surface area contributed by atoms with Crippen LogP contribution in [0.3, 0.4) is 0 Å². The highest BCUT2D eigenvalue weighted by Gasteiger charge is 2.39. The number of esters is 2. The maximum Gasteiger partial charge on any atom is 0.306 e. The summed E-state index contributed by atoms with van der Waals surface area (Å²) in [5.41, 5.74) is 0. The van der Waals surface area contributed by atoms with Crippen molar-refractivity contribution in [2.45, 2.75) is 173 Å². The standard InChI is InChI=1S/C38H66O8/c1-3-5-7-8-9-10-11-12-13-14-15-20-24-37(43)45-30-32(29-39)46-38(44)25-21-17-16-19-23-33-34(36(42)28-35(33)41)27-26-31(40)22-18-6-4-2/h16,19,26-27,31-34,36,39-40,42H,3-15,17-18,20-25,28-30H2,1-2H3/b19-16-,27-26+/t31-,32-,33+,34+,36+/m0/s1. The molecule has 0 aliphatic heterocycles. The van der Waals surface area contributed by atoms with E-state index in [1.165, 1.54) is 57.8 Å². The number of unbranched alkanes of at least 4 members (excludes halogenated alkanes) is 14. The highest BCUT2D eigenvalue weighted by Crippen LogP contribution is 2.33. The summed E-state index contributed by atoms with van der Waals surface area (Å²) in [5.74, 6) is -1.38. The number of ether oxygens (including phenoxy) is 2. The molecule has 0 spiro atoms. The third-order valence-electron chi connectivity index (χ3n) is 8.87. The Morgan fingerprint density at radius 2 is 1.41 bits per heavy atom. The van der Waals surface area contributed by atoms with E-state index in [0.29, 0.717) is 32.1 Å². The minimum atomic E-state index is -0.871. The highest BCUT2D eigenvalue weighted by molar-refractivity contribution is 5.84. The second-order valence-corrected chi connectivity index (χ2v) is 13.1. The summed E-state index contributed by atoms with van der Waals surface area (Å²) in [6, 6.07) is 0. The predicted octanol–water partition coefficient (Wildman–Crippen LogP) is 7.71. The van der Waals surface area contributed by atoms with Gasteiger partial charge in [-0.3, -0.25) is 14.4 Å². The first-order valence-corrected chi connectivity index (χ1v) is 18.5. The lowest BCUT2D eigenvalue weighted by Gasteiger charge is -2.16. The molecular formula is C38H66O8. The number of ketones is 1. The van der Waals surface area contributed by atoms with E-state index in [9.17, 15) is 29.7 Å². The van der Waals surface area contributed by atoms with E-state index in [2.05, 4.69) is 13.8 Å². The van der Waals surface area contributed by atoms with Gasteiger partial charge in [0.15, 0.2) is 6.10 Å². The third-order valence-corrected chi connectivity index (χ3v) is 8.87. The van der Waals surface area contributed by atoms with Crippen molar-refractivity contribution in [3.05, 3.63) is 24.3 Å². The van der Waals surface area contributed by atoms with Crippen molar-refractivity contribution in [2.75, 3.05) is 13.2 Å². The lowest BCUT2D eigenvalue weighted by atomic mass is 9.90. The number of aliphatic hydroxyl groups is 3. The fourth-order valence-electron chi connectivity index (χ4n) is 5.95. The molecule has 1 aliphatic carbocycles. The molecule has 0 aromatic rings. The Morgan fingerprint density at radius 3 is 2.04 bits per heavy atom. The Balaban J connectivity index is 2.17. The first kappa shape index (κ1) is 42.0. The molecule has 0 unspecified atom stereocenters. The topological polar surface area (TPSA) is 130 Å². The zero-order valence-corrected chi connectivity index (χ0v) is 29.0. The summed E-state index contributed by atoms with van der Waals surface area (Å²) >= 11 is 0. The van der Waals surface area contributed by atoms with E-state index in [0.717, 1.165) is 38.5 Å². The summed E-state index contributed by atoms with van der Waals surface area (Å²) in [5, 5.41) is 30.1. The first-order chi connectivity index (χ1) is 22.3. The van der Waals surface area contributed by atoms with Gasteiger partial charge in [-0.15, -0.1) is 0 Å². The number of Topliss-reactive ketones (excluding diaryl/α,β-unsaturated/α-hetero) is 1. The van der Waals surface area contributed by atoms with Gasteiger partial charge < -0.3 is 24.8 Å². The van der Waals surface area contributed by atoms with Crippen molar-refractivity contribution < 1.29 is 39.2 Å². The Kier molecular flexibility index (Phi) is 25.6. The van der Waals surface area contributed by atoms with Crippen molar-refractivity contribution in [3.63, 3.8) is 0 Å². The number of allylic oxidation sites excluding steroid dienone is 2. The van der Waals surface area contributed by atoms with Gasteiger partial charge in [-0.05, 0) is 32.1 Å². The molecule has 0 radical (unpaired) electrons. The van der Waals surface area contributed by atoms with Crippen molar-refractivity contribution in [2.24, 2.45) is 11.8 Å². The lowest BCUT2D eigenvalue weighted by Crippen LogP contribution is -2.28. The van der Waals surface area contributed by atoms with Gasteiger partial charge in [0.05, 0.1) is 18.8 Å². The monoisotopic (exact) mass is 650 g/mol. The fraction of sp³-hybridized carbons (Fsp3) is 0.816. The zero-order chi connectivity index (χ0) is 33.8. The Labute approximate surface area is 279 Å². The van der Waals surface area contributed by atoms with Crippen LogP contribution in [0.4, 0.5) is 0 Å². The average molecular weight is 651 g/mol. The normalized spacial score (nSPS) is 19.7. The highest BCUT2D eigenvalue weighted by atomic mass is 16.6. The summed E-state index contributed by atoms with van der Waals surface area (Å²) in [7, 11) is 0. The minimum absolute atomic E-state index is 0.0284. The van der Waals surface area contributed by atoms with Crippen LogP contribution in [0.5, 0.6) is 0 Å². The van der Waals surface area contributed by atoms with Crippen molar-refractivity contribution in [3.8, 4) is 0 Å². The smallest absolute Gasteiger partial charge is 0.306 e. The van der Waals surface area contributed by atoms with Crippen molar-refractivity contribution in [1.29, 1.82) is 0 Å². The second kappa shape index (κ2) is 28.0. The molecule has 8 nitrogen and oxygen atoms in total.